The number of nitriles is 1. The van der Waals surface area contributed by atoms with Crippen molar-refractivity contribution in [2.24, 2.45) is 7.05 Å². The number of hydrogen-bond acceptors (Lipinski definition) is 3. The number of aromatic nitrogens is 3. The van der Waals surface area contributed by atoms with Crippen molar-refractivity contribution in [2.75, 3.05) is 0 Å². The first-order valence-electron chi connectivity index (χ1n) is 7.95. The number of pyridine rings is 1. The molecule has 0 atom stereocenters. The second-order valence-electron chi connectivity index (χ2n) is 7.43. The largest absolute Gasteiger partial charge is 0.275 e. The van der Waals surface area contributed by atoms with Gasteiger partial charge in [-0.1, -0.05) is 20.8 Å². The molecule has 2 aromatic rings. The average molecular weight is 330 g/mol. The predicted octanol–water partition coefficient (Wildman–Crippen LogP) is 3.78. The van der Waals surface area contributed by atoms with E-state index >= 15 is 0 Å². The molecule has 0 saturated heterocycles. The Hall–Kier alpha value is -2.29. The Labute approximate surface area is 140 Å². The second-order valence-corrected chi connectivity index (χ2v) is 7.43. The summed E-state index contributed by atoms with van der Waals surface area (Å²) in [4.78, 5) is 4.63. The number of aryl methyl sites for hydroxylation is 2. The molecule has 0 radical (unpaired) electrons. The molecule has 3 rings (SSSR count). The fourth-order valence-corrected chi connectivity index (χ4v) is 3.24. The molecule has 126 valence electrons. The van der Waals surface area contributed by atoms with Crippen molar-refractivity contribution in [3.63, 3.8) is 0 Å². The second kappa shape index (κ2) is 5.37. The van der Waals surface area contributed by atoms with Crippen LogP contribution in [0, 0.1) is 11.3 Å². The first-order chi connectivity index (χ1) is 11.1. The Bertz CT molecular complexity index is 838. The molecule has 1 aliphatic rings. The molecule has 0 unspecified atom stereocenters. The predicted molar refractivity (Wildman–Crippen MR) is 86.8 cm³/mol. The van der Waals surface area contributed by atoms with Crippen LogP contribution in [0.15, 0.2) is 12.4 Å². The molecule has 0 N–H and O–H groups in total. The van der Waals surface area contributed by atoms with Gasteiger partial charge in [-0.25, -0.2) is 8.78 Å². The Balaban J connectivity index is 2.37. The summed E-state index contributed by atoms with van der Waals surface area (Å²) in [5.74, 6) is -2.76. The van der Waals surface area contributed by atoms with Gasteiger partial charge in [0, 0.05) is 48.3 Å². The van der Waals surface area contributed by atoms with Crippen molar-refractivity contribution in [1.82, 2.24) is 14.8 Å². The molecule has 0 spiro atoms. The monoisotopic (exact) mass is 330 g/mol. The van der Waals surface area contributed by atoms with Crippen molar-refractivity contribution in [3.8, 4) is 17.2 Å². The van der Waals surface area contributed by atoms with E-state index in [1.807, 2.05) is 20.8 Å². The number of fused-ring (bicyclic) bond motifs is 1. The molecule has 0 amide bonds. The van der Waals surface area contributed by atoms with Gasteiger partial charge in [-0.05, 0) is 12.0 Å². The third-order valence-corrected chi connectivity index (χ3v) is 4.36. The number of halogens is 2. The fourth-order valence-electron chi connectivity index (χ4n) is 3.24. The molecule has 1 aliphatic carbocycles. The van der Waals surface area contributed by atoms with Crippen LogP contribution in [0.2, 0.25) is 0 Å². The van der Waals surface area contributed by atoms with E-state index in [2.05, 4.69) is 16.2 Å². The Morgan fingerprint density at radius 2 is 2.04 bits per heavy atom. The molecule has 24 heavy (non-hydrogen) atoms. The Kier molecular flexibility index (Phi) is 3.71. The first-order valence-corrected chi connectivity index (χ1v) is 7.95. The van der Waals surface area contributed by atoms with Gasteiger partial charge < -0.3 is 0 Å². The molecule has 6 heteroatoms. The highest BCUT2D eigenvalue weighted by Crippen LogP contribution is 2.41. The van der Waals surface area contributed by atoms with Crippen LogP contribution in [0.3, 0.4) is 0 Å². The van der Waals surface area contributed by atoms with Crippen molar-refractivity contribution in [1.29, 1.82) is 5.26 Å². The minimum absolute atomic E-state index is 0.199. The van der Waals surface area contributed by atoms with Crippen LogP contribution in [-0.4, -0.2) is 20.7 Å². The Morgan fingerprint density at radius 1 is 1.33 bits per heavy atom. The van der Waals surface area contributed by atoms with Crippen molar-refractivity contribution >= 4 is 0 Å². The molecule has 0 bridgehead atoms. The number of rotatable bonds is 1. The lowest BCUT2D eigenvalue weighted by atomic mass is 9.80. The maximum atomic E-state index is 14.0. The molecular weight excluding hydrogens is 310 g/mol. The zero-order valence-electron chi connectivity index (χ0n) is 14.3. The van der Waals surface area contributed by atoms with E-state index in [1.165, 1.54) is 0 Å². The quantitative estimate of drug-likeness (QED) is 0.799. The van der Waals surface area contributed by atoms with E-state index in [0.29, 0.717) is 33.6 Å². The summed E-state index contributed by atoms with van der Waals surface area (Å²) in [5.41, 5.74) is 3.12. The average Bonchev–Trinajstić information content (AvgIpc) is 2.89. The first kappa shape index (κ1) is 16.6. The van der Waals surface area contributed by atoms with E-state index in [0.717, 1.165) is 0 Å². The lowest BCUT2D eigenvalue weighted by Gasteiger charge is -2.29. The lowest BCUT2D eigenvalue weighted by Crippen LogP contribution is -2.29. The van der Waals surface area contributed by atoms with E-state index in [4.69, 9.17) is 0 Å². The lowest BCUT2D eigenvalue weighted by molar-refractivity contribution is -0.0127. The van der Waals surface area contributed by atoms with Gasteiger partial charge in [0.2, 0.25) is 0 Å². The minimum atomic E-state index is -2.76. The van der Waals surface area contributed by atoms with Gasteiger partial charge in [0.25, 0.3) is 5.92 Å². The van der Waals surface area contributed by atoms with Gasteiger partial charge in [0.05, 0.1) is 17.5 Å². The summed E-state index contributed by atoms with van der Waals surface area (Å²) in [7, 11) is 1.77. The van der Waals surface area contributed by atoms with Crippen LogP contribution in [-0.2, 0) is 25.3 Å². The standard InChI is InChI=1S/C18H20F2N4/c1-17(2,3)16-13(8-21)15(11-9-22-24(4)10-11)12-7-18(19,20)6-5-14(12)23-16/h9-10H,5-7H2,1-4H3. The van der Waals surface area contributed by atoms with Gasteiger partial charge in [-0.2, -0.15) is 10.4 Å². The molecule has 2 aromatic heterocycles. The molecule has 0 fully saturated rings. The van der Waals surface area contributed by atoms with Crippen LogP contribution in [0.4, 0.5) is 8.78 Å². The van der Waals surface area contributed by atoms with Crippen molar-refractivity contribution in [3.05, 3.63) is 34.9 Å². The molecular formula is C18H20F2N4. The topological polar surface area (TPSA) is 54.5 Å². The van der Waals surface area contributed by atoms with Crippen LogP contribution in [0.5, 0.6) is 0 Å². The van der Waals surface area contributed by atoms with Gasteiger partial charge in [-0.3, -0.25) is 9.67 Å². The zero-order valence-corrected chi connectivity index (χ0v) is 14.3. The summed E-state index contributed by atoms with van der Waals surface area (Å²) in [6, 6.07) is 2.21. The number of nitrogens with zero attached hydrogens (tertiary/aromatic N) is 4. The molecule has 0 saturated carbocycles. The minimum Gasteiger partial charge on any atom is -0.275 e. The molecule has 0 aromatic carbocycles. The third kappa shape index (κ3) is 2.79. The van der Waals surface area contributed by atoms with Gasteiger partial charge in [-0.15, -0.1) is 0 Å². The van der Waals surface area contributed by atoms with E-state index < -0.39 is 5.92 Å². The van der Waals surface area contributed by atoms with E-state index in [1.54, 1.807) is 24.1 Å². The summed E-state index contributed by atoms with van der Waals surface area (Å²) < 4.78 is 29.7. The third-order valence-electron chi connectivity index (χ3n) is 4.36. The fraction of sp³-hybridized carbons (Fsp3) is 0.500. The summed E-state index contributed by atoms with van der Waals surface area (Å²) in [6.45, 7) is 5.94. The van der Waals surface area contributed by atoms with Gasteiger partial charge >= 0.3 is 0 Å². The highest BCUT2D eigenvalue weighted by atomic mass is 19.3. The molecule has 2 heterocycles. The highest BCUT2D eigenvalue weighted by Gasteiger charge is 2.38. The molecule has 4 nitrogen and oxygen atoms in total. The van der Waals surface area contributed by atoms with Crippen LogP contribution >= 0.6 is 0 Å². The summed E-state index contributed by atoms with van der Waals surface area (Å²) in [5, 5.41) is 13.9. The maximum absolute atomic E-state index is 14.0. The smallest absolute Gasteiger partial charge is 0.252 e. The summed E-state index contributed by atoms with van der Waals surface area (Å²) in [6.07, 6.45) is 3.03. The van der Waals surface area contributed by atoms with Crippen molar-refractivity contribution < 1.29 is 8.78 Å². The van der Waals surface area contributed by atoms with E-state index in [-0.39, 0.29) is 24.7 Å². The van der Waals surface area contributed by atoms with E-state index in [9.17, 15) is 14.0 Å². The van der Waals surface area contributed by atoms with Crippen LogP contribution in [0.1, 0.15) is 49.7 Å². The zero-order chi connectivity index (χ0) is 17.7. The Morgan fingerprint density at radius 3 is 2.58 bits per heavy atom. The maximum Gasteiger partial charge on any atom is 0.252 e. The van der Waals surface area contributed by atoms with Crippen LogP contribution in [0.25, 0.3) is 11.1 Å². The highest BCUT2D eigenvalue weighted by molar-refractivity contribution is 5.75. The normalized spacial score (nSPS) is 16.5. The molecule has 0 aliphatic heterocycles. The van der Waals surface area contributed by atoms with Gasteiger partial charge in [0.15, 0.2) is 0 Å². The van der Waals surface area contributed by atoms with Crippen molar-refractivity contribution in [2.45, 2.75) is 51.4 Å². The summed E-state index contributed by atoms with van der Waals surface area (Å²) >= 11 is 0. The van der Waals surface area contributed by atoms with Gasteiger partial charge in [0.1, 0.15) is 6.07 Å². The number of hydrogen-bond donors (Lipinski definition) is 0. The van der Waals surface area contributed by atoms with Crippen LogP contribution < -0.4 is 0 Å². The number of alkyl halides is 2. The SMILES string of the molecule is Cn1cc(-c2c(C#N)c(C(C)(C)C)nc3c2CC(F)(F)CC3)cn1.